The predicted octanol–water partition coefficient (Wildman–Crippen LogP) is 3.71. The third-order valence-electron chi connectivity index (χ3n) is 4.05. The van der Waals surface area contributed by atoms with Gasteiger partial charge in [0.2, 0.25) is 0 Å². The number of alkyl halides is 3. The van der Waals surface area contributed by atoms with Crippen LogP contribution >= 0.6 is 0 Å². The molecule has 1 aliphatic carbocycles. The number of hydrogen-bond donors (Lipinski definition) is 1. The zero-order valence-corrected chi connectivity index (χ0v) is 13.9. The topological polar surface area (TPSA) is 49.8 Å². The Balaban J connectivity index is 0.000000351. The molecule has 0 aliphatic heterocycles. The van der Waals surface area contributed by atoms with Gasteiger partial charge in [0.15, 0.2) is 0 Å². The van der Waals surface area contributed by atoms with E-state index in [4.69, 9.17) is 14.6 Å². The van der Waals surface area contributed by atoms with E-state index in [1.165, 1.54) is 31.2 Å². The van der Waals surface area contributed by atoms with Crippen molar-refractivity contribution >= 4 is 5.97 Å². The summed E-state index contributed by atoms with van der Waals surface area (Å²) in [6, 6.07) is 11.3. The molecule has 0 saturated heterocycles. The highest BCUT2D eigenvalue weighted by Crippen LogP contribution is 2.25. The lowest BCUT2D eigenvalue weighted by atomic mass is 9.91. The van der Waals surface area contributed by atoms with Crippen LogP contribution in [-0.2, 0) is 16.1 Å². The average Bonchev–Trinajstić information content (AvgIpc) is 2.55. The maximum absolute atomic E-state index is 10.6. The van der Waals surface area contributed by atoms with Crippen molar-refractivity contribution in [1.82, 2.24) is 4.90 Å². The van der Waals surface area contributed by atoms with Gasteiger partial charge in [-0.1, -0.05) is 43.2 Å². The fourth-order valence-electron chi connectivity index (χ4n) is 2.85. The van der Waals surface area contributed by atoms with Crippen molar-refractivity contribution < 1.29 is 27.8 Å². The van der Waals surface area contributed by atoms with Crippen molar-refractivity contribution in [3.05, 3.63) is 35.9 Å². The van der Waals surface area contributed by atoms with Gasteiger partial charge < -0.3 is 9.84 Å². The molecule has 0 bridgehead atoms. The minimum atomic E-state index is -5.08. The normalized spacial score (nSPS) is 21.1. The molecule has 0 aromatic heterocycles. The molecular weight excluding hydrogens is 323 g/mol. The van der Waals surface area contributed by atoms with Gasteiger partial charge in [-0.05, 0) is 25.5 Å². The molecule has 0 amide bonds. The predicted molar refractivity (Wildman–Crippen MR) is 84.7 cm³/mol. The van der Waals surface area contributed by atoms with Crippen LogP contribution in [0.2, 0.25) is 0 Å². The van der Waals surface area contributed by atoms with Gasteiger partial charge in [0.25, 0.3) is 0 Å². The van der Waals surface area contributed by atoms with Crippen LogP contribution in [0, 0.1) is 0 Å². The van der Waals surface area contributed by atoms with E-state index in [1.54, 1.807) is 0 Å². The van der Waals surface area contributed by atoms with Crippen LogP contribution in [0.3, 0.4) is 0 Å². The number of aliphatic carboxylic acids is 1. The Morgan fingerprint density at radius 3 is 2.29 bits per heavy atom. The van der Waals surface area contributed by atoms with E-state index in [2.05, 4.69) is 42.3 Å². The fraction of sp³-hybridized carbons (Fsp3) is 0.588. The van der Waals surface area contributed by atoms with Gasteiger partial charge in [-0.25, -0.2) is 4.79 Å². The van der Waals surface area contributed by atoms with E-state index in [9.17, 15) is 13.2 Å². The second-order valence-corrected chi connectivity index (χ2v) is 5.83. The Labute approximate surface area is 140 Å². The third kappa shape index (κ3) is 6.88. The highest BCUT2D eigenvalue weighted by Gasteiger charge is 2.38. The van der Waals surface area contributed by atoms with Gasteiger partial charge in [0, 0.05) is 19.7 Å². The van der Waals surface area contributed by atoms with Crippen LogP contribution in [0.4, 0.5) is 13.2 Å². The highest BCUT2D eigenvalue weighted by atomic mass is 19.4. The number of nitrogens with zero attached hydrogens (tertiary/aromatic N) is 1. The molecule has 1 N–H and O–H groups in total. The lowest BCUT2D eigenvalue weighted by Crippen LogP contribution is -2.43. The maximum Gasteiger partial charge on any atom is 0.490 e. The summed E-state index contributed by atoms with van der Waals surface area (Å²) in [7, 11) is 4.06. The molecule has 24 heavy (non-hydrogen) atoms. The van der Waals surface area contributed by atoms with Crippen LogP contribution in [0.15, 0.2) is 30.3 Å². The van der Waals surface area contributed by atoms with E-state index in [0.717, 1.165) is 6.54 Å². The first-order valence-electron chi connectivity index (χ1n) is 7.82. The lowest BCUT2D eigenvalue weighted by molar-refractivity contribution is -0.192. The summed E-state index contributed by atoms with van der Waals surface area (Å²) in [6.07, 6.45) is 0.456. The first-order valence-corrected chi connectivity index (χ1v) is 7.82. The molecule has 0 radical (unpaired) electrons. The SMILES string of the molecule is CO[C@@H]1CCCCC1N(C)Cc1ccccc1.O=C(O)C(F)(F)F. The standard InChI is InChI=1S/C15H23NO.C2HF3O2/c1-16(12-13-8-4-3-5-9-13)14-10-6-7-11-15(14)17-2;3-2(4,5)1(6)7/h3-5,8-9,14-15H,6-7,10-12H2,1-2H3;(H,6,7)/t14?,15-;/m1./s1. The molecule has 136 valence electrons. The summed E-state index contributed by atoms with van der Waals surface area (Å²) in [5.41, 5.74) is 1.38. The highest BCUT2D eigenvalue weighted by molar-refractivity contribution is 5.73. The second-order valence-electron chi connectivity index (χ2n) is 5.83. The molecule has 7 heteroatoms. The minimum Gasteiger partial charge on any atom is -0.475 e. The summed E-state index contributed by atoms with van der Waals surface area (Å²) in [4.78, 5) is 11.3. The molecule has 1 aliphatic rings. The molecule has 1 fully saturated rings. The van der Waals surface area contributed by atoms with Gasteiger partial charge in [-0.15, -0.1) is 0 Å². The van der Waals surface area contributed by atoms with Gasteiger partial charge in [-0.2, -0.15) is 13.2 Å². The summed E-state index contributed by atoms with van der Waals surface area (Å²) in [6.45, 7) is 1.02. The maximum atomic E-state index is 10.6. The van der Waals surface area contributed by atoms with E-state index >= 15 is 0 Å². The number of carboxylic acid groups (broad SMARTS) is 1. The van der Waals surface area contributed by atoms with Crippen molar-refractivity contribution in [2.45, 2.75) is 50.6 Å². The molecule has 4 nitrogen and oxygen atoms in total. The number of carboxylic acids is 1. The van der Waals surface area contributed by atoms with E-state index in [0.29, 0.717) is 12.1 Å². The quantitative estimate of drug-likeness (QED) is 0.902. The zero-order chi connectivity index (χ0) is 18.2. The average molecular weight is 347 g/mol. The monoisotopic (exact) mass is 347 g/mol. The lowest BCUT2D eigenvalue weighted by Gasteiger charge is -2.37. The zero-order valence-electron chi connectivity index (χ0n) is 13.9. The van der Waals surface area contributed by atoms with Crippen LogP contribution < -0.4 is 0 Å². The third-order valence-corrected chi connectivity index (χ3v) is 4.05. The number of methoxy groups -OCH3 is 1. The van der Waals surface area contributed by atoms with E-state index in [-0.39, 0.29) is 0 Å². The van der Waals surface area contributed by atoms with Crippen molar-refractivity contribution in [3.8, 4) is 0 Å². The number of benzene rings is 1. The first kappa shape index (κ1) is 20.4. The van der Waals surface area contributed by atoms with Crippen LogP contribution in [0.25, 0.3) is 0 Å². The number of halogens is 3. The van der Waals surface area contributed by atoms with Crippen LogP contribution in [0.5, 0.6) is 0 Å². The molecule has 1 aromatic carbocycles. The second kappa shape index (κ2) is 9.64. The number of ether oxygens (including phenoxy) is 1. The molecule has 2 rings (SSSR count). The van der Waals surface area contributed by atoms with Crippen molar-refractivity contribution in [2.24, 2.45) is 0 Å². The summed E-state index contributed by atoms with van der Waals surface area (Å²) < 4.78 is 37.4. The molecule has 2 atom stereocenters. The van der Waals surface area contributed by atoms with E-state index in [1.807, 2.05) is 7.11 Å². The van der Waals surface area contributed by atoms with Gasteiger partial charge in [0.1, 0.15) is 0 Å². The number of hydrogen-bond acceptors (Lipinski definition) is 3. The number of likely N-dealkylation sites (N-methyl/N-ethyl adjacent to an activating group) is 1. The van der Waals surface area contributed by atoms with Crippen molar-refractivity contribution in [1.29, 1.82) is 0 Å². The summed E-state index contributed by atoms with van der Waals surface area (Å²) >= 11 is 0. The Bertz CT molecular complexity index is 494. The fourth-order valence-corrected chi connectivity index (χ4v) is 2.85. The van der Waals surface area contributed by atoms with Crippen LogP contribution in [0.1, 0.15) is 31.2 Å². The number of rotatable bonds is 4. The van der Waals surface area contributed by atoms with Gasteiger partial charge >= 0.3 is 12.1 Å². The number of carbonyl (C=O) groups is 1. The Morgan fingerprint density at radius 1 is 1.25 bits per heavy atom. The first-order chi connectivity index (χ1) is 11.3. The molecule has 0 spiro atoms. The van der Waals surface area contributed by atoms with Crippen molar-refractivity contribution in [2.75, 3.05) is 14.2 Å². The minimum absolute atomic E-state index is 0.414. The Hall–Kier alpha value is -1.60. The van der Waals surface area contributed by atoms with Gasteiger partial charge in [0.05, 0.1) is 6.10 Å². The molecule has 0 heterocycles. The summed E-state index contributed by atoms with van der Waals surface area (Å²) in [5.74, 6) is -2.76. The Kier molecular flexibility index (Phi) is 8.21. The van der Waals surface area contributed by atoms with Crippen LogP contribution in [-0.4, -0.2) is 48.5 Å². The molecule has 1 aromatic rings. The molecule has 1 saturated carbocycles. The Morgan fingerprint density at radius 2 is 1.79 bits per heavy atom. The molecular formula is C17H24F3NO3. The molecule has 1 unspecified atom stereocenters. The van der Waals surface area contributed by atoms with E-state index < -0.39 is 12.1 Å². The largest absolute Gasteiger partial charge is 0.490 e. The summed E-state index contributed by atoms with van der Waals surface area (Å²) in [5, 5.41) is 7.12. The van der Waals surface area contributed by atoms with Gasteiger partial charge in [-0.3, -0.25) is 4.90 Å². The van der Waals surface area contributed by atoms with Crippen molar-refractivity contribution in [3.63, 3.8) is 0 Å². The smallest absolute Gasteiger partial charge is 0.475 e.